The molecule has 2 atom stereocenters. The van der Waals surface area contributed by atoms with E-state index in [-0.39, 0.29) is 18.2 Å². The summed E-state index contributed by atoms with van der Waals surface area (Å²) in [6.45, 7) is 4.72. The number of carbonyl (C=O) groups is 2. The Labute approximate surface area is 193 Å². The summed E-state index contributed by atoms with van der Waals surface area (Å²) in [5, 5.41) is 20.1. The number of carboxylic acid groups (broad SMARTS) is 1. The summed E-state index contributed by atoms with van der Waals surface area (Å²) in [7, 11) is 0. The number of hydrogen-bond acceptors (Lipinski definition) is 5. The van der Waals surface area contributed by atoms with E-state index in [0.29, 0.717) is 18.7 Å². The number of morpholine rings is 1. The zero-order valence-electron chi connectivity index (χ0n) is 18.4. The highest BCUT2D eigenvalue weighted by molar-refractivity contribution is 6.00. The molecule has 11 heteroatoms. The van der Waals surface area contributed by atoms with Gasteiger partial charge in [-0.05, 0) is 30.2 Å². The third-order valence-corrected chi connectivity index (χ3v) is 4.85. The Bertz CT molecular complexity index is 956. The fourth-order valence-electron chi connectivity index (χ4n) is 3.30. The standard InChI is InChI=1S/C21H25FN2O3.C2HF3O2/c1-15-13-24(9-10-27-15)14-18(25)12-23-21(26)20-11-17(22)7-8-19(20)16-5-3-2-4-6-16;3-2(4,5)1(6)7/h2-8,11,15,18,25H,9-10,12-14H2,1H3,(H,23,26);(H,6,7). The molecule has 3 rings (SSSR count). The van der Waals surface area contributed by atoms with Crippen molar-refractivity contribution in [2.45, 2.75) is 25.3 Å². The van der Waals surface area contributed by atoms with Crippen molar-refractivity contribution >= 4 is 11.9 Å². The number of benzene rings is 2. The largest absolute Gasteiger partial charge is 0.490 e. The van der Waals surface area contributed by atoms with Gasteiger partial charge in [0.15, 0.2) is 0 Å². The van der Waals surface area contributed by atoms with Crippen LogP contribution < -0.4 is 5.32 Å². The van der Waals surface area contributed by atoms with Crippen LogP contribution in [0.15, 0.2) is 48.5 Å². The molecular formula is C23H26F4N2O5. The summed E-state index contributed by atoms with van der Waals surface area (Å²) in [5.74, 6) is -3.63. The molecule has 2 unspecified atom stereocenters. The number of carbonyl (C=O) groups excluding carboxylic acids is 1. The predicted molar refractivity (Wildman–Crippen MR) is 116 cm³/mol. The van der Waals surface area contributed by atoms with E-state index in [9.17, 15) is 27.5 Å². The number of nitrogens with zero attached hydrogens (tertiary/aromatic N) is 1. The maximum Gasteiger partial charge on any atom is 0.490 e. The first-order valence-electron chi connectivity index (χ1n) is 10.4. The van der Waals surface area contributed by atoms with Crippen LogP contribution in [0.25, 0.3) is 11.1 Å². The molecule has 1 aliphatic rings. The number of nitrogens with one attached hydrogen (secondary N) is 1. The predicted octanol–water partition coefficient (Wildman–Crippen LogP) is 2.94. The summed E-state index contributed by atoms with van der Waals surface area (Å²) in [6.07, 6.45) is -5.64. The fourth-order valence-corrected chi connectivity index (χ4v) is 3.30. The lowest BCUT2D eigenvalue weighted by Crippen LogP contribution is -2.47. The fraction of sp³-hybridized carbons (Fsp3) is 0.391. The van der Waals surface area contributed by atoms with Gasteiger partial charge in [0.25, 0.3) is 5.91 Å². The number of halogens is 4. The number of aliphatic carboxylic acids is 1. The Hall–Kier alpha value is -3.02. The van der Waals surface area contributed by atoms with Crippen LogP contribution in [0.5, 0.6) is 0 Å². The Morgan fingerprint density at radius 2 is 1.85 bits per heavy atom. The monoisotopic (exact) mass is 486 g/mol. The Kier molecular flexibility index (Phi) is 9.97. The van der Waals surface area contributed by atoms with Crippen LogP contribution in [0.1, 0.15) is 17.3 Å². The van der Waals surface area contributed by atoms with E-state index in [4.69, 9.17) is 14.6 Å². The molecule has 186 valence electrons. The van der Waals surface area contributed by atoms with E-state index in [2.05, 4.69) is 10.2 Å². The molecule has 1 saturated heterocycles. The number of rotatable bonds is 6. The van der Waals surface area contributed by atoms with Crippen LogP contribution >= 0.6 is 0 Å². The minimum Gasteiger partial charge on any atom is -0.475 e. The molecule has 3 N–H and O–H groups in total. The van der Waals surface area contributed by atoms with E-state index in [1.807, 2.05) is 37.3 Å². The molecule has 1 heterocycles. The molecule has 0 aliphatic carbocycles. The summed E-state index contributed by atoms with van der Waals surface area (Å²) in [5.41, 5.74) is 1.75. The first-order valence-corrected chi connectivity index (χ1v) is 10.4. The highest BCUT2D eigenvalue weighted by atomic mass is 19.4. The van der Waals surface area contributed by atoms with Gasteiger partial charge < -0.3 is 20.3 Å². The second-order valence-corrected chi connectivity index (χ2v) is 7.66. The van der Waals surface area contributed by atoms with Gasteiger partial charge in [-0.2, -0.15) is 13.2 Å². The Morgan fingerprint density at radius 3 is 2.44 bits per heavy atom. The van der Waals surface area contributed by atoms with Crippen LogP contribution in [-0.2, 0) is 9.53 Å². The van der Waals surface area contributed by atoms with Gasteiger partial charge in [0.05, 0.1) is 24.4 Å². The Balaban J connectivity index is 0.000000509. The first kappa shape index (κ1) is 27.2. The molecule has 7 nitrogen and oxygen atoms in total. The molecular weight excluding hydrogens is 460 g/mol. The van der Waals surface area contributed by atoms with Gasteiger partial charge in [0.1, 0.15) is 5.82 Å². The van der Waals surface area contributed by atoms with Crippen molar-refractivity contribution in [1.82, 2.24) is 10.2 Å². The van der Waals surface area contributed by atoms with Crippen LogP contribution in [0.4, 0.5) is 17.6 Å². The minimum atomic E-state index is -5.08. The molecule has 1 amide bonds. The van der Waals surface area contributed by atoms with Crippen molar-refractivity contribution < 1.29 is 42.1 Å². The first-order chi connectivity index (χ1) is 16.0. The molecule has 0 spiro atoms. The molecule has 0 radical (unpaired) electrons. The van der Waals surface area contributed by atoms with Gasteiger partial charge in [-0.1, -0.05) is 36.4 Å². The van der Waals surface area contributed by atoms with E-state index in [0.717, 1.165) is 18.7 Å². The molecule has 2 aromatic rings. The number of aliphatic hydroxyl groups excluding tert-OH is 1. The van der Waals surface area contributed by atoms with Crippen molar-refractivity contribution in [2.75, 3.05) is 32.8 Å². The molecule has 0 aromatic heterocycles. The molecule has 2 aromatic carbocycles. The highest BCUT2D eigenvalue weighted by Crippen LogP contribution is 2.24. The van der Waals surface area contributed by atoms with E-state index in [1.165, 1.54) is 12.1 Å². The molecule has 1 fully saturated rings. The average Bonchev–Trinajstić information content (AvgIpc) is 2.78. The van der Waals surface area contributed by atoms with Gasteiger partial charge in [0.2, 0.25) is 0 Å². The van der Waals surface area contributed by atoms with Gasteiger partial charge in [-0.15, -0.1) is 0 Å². The van der Waals surface area contributed by atoms with Crippen molar-refractivity contribution in [3.63, 3.8) is 0 Å². The second-order valence-electron chi connectivity index (χ2n) is 7.66. The second kappa shape index (κ2) is 12.4. The average molecular weight is 486 g/mol. The number of β-amino-alcohol motifs (C(OH)–C–C–N with tert-alkyl or cyclic N) is 1. The summed E-state index contributed by atoms with van der Waals surface area (Å²) < 4.78 is 50.9. The van der Waals surface area contributed by atoms with Crippen molar-refractivity contribution in [1.29, 1.82) is 0 Å². The molecule has 0 saturated carbocycles. The van der Waals surface area contributed by atoms with E-state index >= 15 is 0 Å². The minimum absolute atomic E-state index is 0.106. The number of hydrogen-bond donors (Lipinski definition) is 3. The number of amides is 1. The lowest BCUT2D eigenvalue weighted by Gasteiger charge is -2.32. The number of alkyl halides is 3. The summed E-state index contributed by atoms with van der Waals surface area (Å²) >= 11 is 0. The number of carboxylic acids is 1. The number of ether oxygens (including phenoxy) is 1. The van der Waals surface area contributed by atoms with Crippen LogP contribution in [0.3, 0.4) is 0 Å². The maximum atomic E-state index is 13.7. The third-order valence-electron chi connectivity index (χ3n) is 4.85. The van der Waals surface area contributed by atoms with Crippen molar-refractivity contribution in [3.8, 4) is 11.1 Å². The normalized spacial score (nSPS) is 17.3. The van der Waals surface area contributed by atoms with Gasteiger partial charge >= 0.3 is 12.1 Å². The zero-order valence-corrected chi connectivity index (χ0v) is 18.4. The van der Waals surface area contributed by atoms with Crippen LogP contribution in [0, 0.1) is 5.82 Å². The van der Waals surface area contributed by atoms with Crippen molar-refractivity contribution in [3.05, 3.63) is 59.9 Å². The quantitative estimate of drug-likeness (QED) is 0.543. The Morgan fingerprint density at radius 1 is 1.21 bits per heavy atom. The highest BCUT2D eigenvalue weighted by Gasteiger charge is 2.38. The lowest BCUT2D eigenvalue weighted by atomic mass is 9.99. The molecule has 1 aliphatic heterocycles. The third kappa shape index (κ3) is 8.73. The topological polar surface area (TPSA) is 99.1 Å². The zero-order chi connectivity index (χ0) is 25.3. The van der Waals surface area contributed by atoms with E-state index < -0.39 is 30.0 Å². The summed E-state index contributed by atoms with van der Waals surface area (Å²) in [4.78, 5) is 23.6. The van der Waals surface area contributed by atoms with Crippen LogP contribution in [-0.4, -0.2) is 78.2 Å². The van der Waals surface area contributed by atoms with E-state index in [1.54, 1.807) is 6.07 Å². The summed E-state index contributed by atoms with van der Waals surface area (Å²) in [6, 6.07) is 13.5. The van der Waals surface area contributed by atoms with Gasteiger partial charge in [-0.25, -0.2) is 9.18 Å². The SMILES string of the molecule is CC1CN(CC(O)CNC(=O)c2cc(F)ccc2-c2ccccc2)CCO1.O=C(O)C(F)(F)F. The van der Waals surface area contributed by atoms with Crippen LogP contribution in [0.2, 0.25) is 0 Å². The maximum absolute atomic E-state index is 13.7. The van der Waals surface area contributed by atoms with Gasteiger partial charge in [-0.3, -0.25) is 9.69 Å². The van der Waals surface area contributed by atoms with Crippen molar-refractivity contribution in [2.24, 2.45) is 0 Å². The smallest absolute Gasteiger partial charge is 0.475 e. The van der Waals surface area contributed by atoms with Gasteiger partial charge in [0, 0.05) is 26.2 Å². The lowest BCUT2D eigenvalue weighted by molar-refractivity contribution is -0.192. The molecule has 34 heavy (non-hydrogen) atoms. The molecule has 0 bridgehead atoms. The number of aliphatic hydroxyl groups is 1.